The van der Waals surface area contributed by atoms with Gasteiger partial charge < -0.3 is 20.2 Å². The molecule has 1 atom stereocenters. The van der Waals surface area contributed by atoms with Gasteiger partial charge in [0.15, 0.2) is 0 Å². The van der Waals surface area contributed by atoms with E-state index in [0.717, 1.165) is 28.0 Å². The van der Waals surface area contributed by atoms with E-state index in [1.165, 1.54) is 0 Å². The molecule has 1 aromatic heterocycles. The number of rotatable bonds is 13. The van der Waals surface area contributed by atoms with Crippen LogP contribution < -0.4 is 15.4 Å². The van der Waals surface area contributed by atoms with Crippen LogP contribution in [0.5, 0.6) is 0 Å². The Labute approximate surface area is 252 Å². The third-order valence-corrected chi connectivity index (χ3v) is 8.80. The highest BCUT2D eigenvalue weighted by molar-refractivity contribution is 7.89. The number of unbranched alkanes of at least 4 members (excludes halogenated alkanes) is 1. The summed E-state index contributed by atoms with van der Waals surface area (Å²) in [7, 11) is -3.70. The number of aryl methyl sites for hydroxylation is 1. The zero-order chi connectivity index (χ0) is 31.2. The third kappa shape index (κ3) is 8.68. The number of carbonyl (C=O) groups is 2. The zero-order valence-corrected chi connectivity index (χ0v) is 25.8. The first-order valence-corrected chi connectivity index (χ1v) is 16.0. The van der Waals surface area contributed by atoms with Crippen molar-refractivity contribution < 1.29 is 27.5 Å². The number of hydrogen-bond donors (Lipinski definition) is 4. The summed E-state index contributed by atoms with van der Waals surface area (Å²) in [5.41, 5.74) is 4.38. The van der Waals surface area contributed by atoms with Gasteiger partial charge in [-0.05, 0) is 73.2 Å². The van der Waals surface area contributed by atoms with Crippen molar-refractivity contribution in [3.05, 3.63) is 95.2 Å². The van der Waals surface area contributed by atoms with Crippen LogP contribution in [-0.2, 0) is 33.1 Å². The molecule has 10 heteroatoms. The molecule has 4 N–H and O–H groups in total. The summed E-state index contributed by atoms with van der Waals surface area (Å²) in [5, 5.41) is 16.2. The van der Waals surface area contributed by atoms with Crippen molar-refractivity contribution in [3.63, 3.8) is 0 Å². The van der Waals surface area contributed by atoms with E-state index >= 15 is 0 Å². The van der Waals surface area contributed by atoms with Crippen molar-refractivity contribution >= 4 is 44.4 Å². The van der Waals surface area contributed by atoms with E-state index in [9.17, 15) is 23.1 Å². The van der Waals surface area contributed by atoms with Crippen LogP contribution in [0.1, 0.15) is 56.1 Å². The predicted molar refractivity (Wildman–Crippen MR) is 170 cm³/mol. The number of carbonyl (C=O) groups excluding carboxylic acids is 1. The van der Waals surface area contributed by atoms with Gasteiger partial charge in [0.25, 0.3) is 0 Å². The molecule has 0 aliphatic carbocycles. The molecule has 0 aliphatic heterocycles. The monoisotopic (exact) mass is 605 g/mol. The molecule has 4 aromatic rings. The Bertz CT molecular complexity index is 1690. The van der Waals surface area contributed by atoms with E-state index in [2.05, 4.69) is 29.2 Å². The number of anilines is 2. The number of fused-ring (bicyclic) bond motifs is 1. The van der Waals surface area contributed by atoms with Gasteiger partial charge in [-0.1, -0.05) is 69.7 Å². The van der Waals surface area contributed by atoms with Gasteiger partial charge >= 0.3 is 12.0 Å². The average Bonchev–Trinajstić information content (AvgIpc) is 3.38. The molecule has 4 rings (SSSR count). The number of furan rings is 1. The molecule has 0 bridgehead atoms. The highest BCUT2D eigenvalue weighted by Crippen LogP contribution is 2.33. The first-order chi connectivity index (χ1) is 20.3. The number of urea groups is 1. The van der Waals surface area contributed by atoms with Crippen LogP contribution in [-0.4, -0.2) is 37.3 Å². The van der Waals surface area contributed by atoms with E-state index in [4.69, 9.17) is 4.42 Å². The lowest BCUT2D eigenvalue weighted by atomic mass is 9.83. The maximum Gasteiger partial charge on any atom is 0.323 e. The molecule has 0 radical (unpaired) electrons. The second-order valence-corrected chi connectivity index (χ2v) is 13.4. The molecule has 228 valence electrons. The molecule has 0 fully saturated rings. The number of amides is 2. The summed E-state index contributed by atoms with van der Waals surface area (Å²) in [6.07, 6.45) is 1.84. The maximum atomic E-state index is 12.4. The minimum atomic E-state index is -3.70. The molecule has 43 heavy (non-hydrogen) atoms. The van der Waals surface area contributed by atoms with Crippen LogP contribution in [0.2, 0.25) is 0 Å². The van der Waals surface area contributed by atoms with E-state index in [0.29, 0.717) is 36.1 Å². The van der Waals surface area contributed by atoms with Gasteiger partial charge in [0.2, 0.25) is 10.0 Å². The van der Waals surface area contributed by atoms with Crippen LogP contribution in [0, 0.1) is 6.92 Å². The Hall–Kier alpha value is -4.15. The number of hydrogen-bond acceptors (Lipinski definition) is 5. The van der Waals surface area contributed by atoms with Gasteiger partial charge in [-0.25, -0.2) is 17.9 Å². The minimum absolute atomic E-state index is 0.000578. The molecular weight excluding hydrogens is 566 g/mol. The summed E-state index contributed by atoms with van der Waals surface area (Å²) in [5.74, 6) is -0.560. The smallest absolute Gasteiger partial charge is 0.323 e. The predicted octanol–water partition coefficient (Wildman–Crippen LogP) is 6.62. The second kappa shape index (κ2) is 13.4. The third-order valence-electron chi connectivity index (χ3n) is 7.33. The molecule has 0 saturated heterocycles. The van der Waals surface area contributed by atoms with Gasteiger partial charge in [-0.2, -0.15) is 0 Å². The SMILES string of the molecule is CCCCS(=O)(=O)NC(Cc1ccc2cc(C(C)(C)Cc3ccc(NC(=O)Nc4ccccc4C)cc3)oc2c1)C(=O)O. The van der Waals surface area contributed by atoms with Crippen LogP contribution in [0.3, 0.4) is 0 Å². The standard InChI is InChI=1S/C33H39N3O6S/c1-5-6-17-43(40,41)36-28(31(37)38)18-24-11-14-25-20-30(42-29(25)19-24)33(3,4)21-23-12-15-26(16-13-23)34-32(39)35-27-10-8-7-9-22(27)2/h7-16,19-20,28,36H,5-6,17-18,21H2,1-4H3,(H,37,38)(H2,34,35,39). The van der Waals surface area contributed by atoms with Crippen molar-refractivity contribution in [3.8, 4) is 0 Å². The highest BCUT2D eigenvalue weighted by Gasteiger charge is 2.27. The normalized spacial score (nSPS) is 12.7. The fourth-order valence-corrected chi connectivity index (χ4v) is 6.27. The molecule has 1 unspecified atom stereocenters. The van der Waals surface area contributed by atoms with Crippen LogP contribution in [0.25, 0.3) is 11.0 Å². The molecule has 1 heterocycles. The summed E-state index contributed by atoms with van der Waals surface area (Å²) >= 11 is 0. The number of sulfonamides is 1. The van der Waals surface area contributed by atoms with Crippen molar-refractivity contribution in [2.75, 3.05) is 16.4 Å². The lowest BCUT2D eigenvalue weighted by Crippen LogP contribution is -2.43. The number of para-hydroxylation sites is 1. The molecule has 3 aromatic carbocycles. The lowest BCUT2D eigenvalue weighted by Gasteiger charge is -2.22. The number of aliphatic carboxylic acids is 1. The molecule has 0 aliphatic rings. The number of nitrogens with one attached hydrogen (secondary N) is 3. The van der Waals surface area contributed by atoms with E-state index in [1.807, 2.05) is 74.5 Å². The van der Waals surface area contributed by atoms with E-state index in [-0.39, 0.29) is 23.6 Å². The summed E-state index contributed by atoms with van der Waals surface area (Å²) < 4.78 is 33.2. The van der Waals surface area contributed by atoms with Gasteiger partial charge in [0.05, 0.1) is 5.75 Å². The van der Waals surface area contributed by atoms with Crippen molar-refractivity contribution in [1.82, 2.24) is 4.72 Å². The molecule has 2 amide bonds. The lowest BCUT2D eigenvalue weighted by molar-refractivity contribution is -0.138. The van der Waals surface area contributed by atoms with Crippen molar-refractivity contribution in [1.29, 1.82) is 0 Å². The molecular formula is C33H39N3O6S. The van der Waals surface area contributed by atoms with Gasteiger partial charge in [-0.15, -0.1) is 0 Å². The summed E-state index contributed by atoms with van der Waals surface area (Å²) in [6, 6.07) is 21.1. The Morgan fingerprint density at radius 3 is 2.33 bits per heavy atom. The highest BCUT2D eigenvalue weighted by atomic mass is 32.2. The molecule has 0 saturated carbocycles. The van der Waals surface area contributed by atoms with Gasteiger partial charge in [0.1, 0.15) is 17.4 Å². The first kappa shape index (κ1) is 31.8. The molecule has 9 nitrogen and oxygen atoms in total. The van der Waals surface area contributed by atoms with E-state index < -0.39 is 22.0 Å². The Morgan fingerprint density at radius 1 is 0.953 bits per heavy atom. The van der Waals surface area contributed by atoms with Crippen LogP contribution >= 0.6 is 0 Å². The van der Waals surface area contributed by atoms with Crippen molar-refractivity contribution in [2.24, 2.45) is 0 Å². The Kier molecular flexibility index (Phi) is 9.93. The van der Waals surface area contributed by atoms with Crippen molar-refractivity contribution in [2.45, 2.75) is 64.8 Å². The van der Waals surface area contributed by atoms with Gasteiger partial charge in [-0.3, -0.25) is 4.79 Å². The Morgan fingerprint density at radius 2 is 1.65 bits per heavy atom. The maximum absolute atomic E-state index is 12.4. The zero-order valence-electron chi connectivity index (χ0n) is 24.9. The van der Waals surface area contributed by atoms with Gasteiger partial charge in [0, 0.05) is 22.2 Å². The largest absolute Gasteiger partial charge is 0.480 e. The van der Waals surface area contributed by atoms with Crippen LogP contribution in [0.4, 0.5) is 16.2 Å². The fourth-order valence-electron chi connectivity index (χ4n) is 4.86. The summed E-state index contributed by atoms with van der Waals surface area (Å²) in [6.45, 7) is 7.98. The van der Waals surface area contributed by atoms with Crippen LogP contribution in [0.15, 0.2) is 77.2 Å². The Balaban J connectivity index is 1.41. The average molecular weight is 606 g/mol. The van der Waals surface area contributed by atoms with E-state index in [1.54, 1.807) is 12.1 Å². The second-order valence-electron chi connectivity index (χ2n) is 11.5. The quantitative estimate of drug-likeness (QED) is 0.135. The topological polar surface area (TPSA) is 138 Å². The minimum Gasteiger partial charge on any atom is -0.480 e. The first-order valence-electron chi connectivity index (χ1n) is 14.3. The summed E-state index contributed by atoms with van der Waals surface area (Å²) in [4.78, 5) is 24.3. The number of benzene rings is 3. The molecule has 0 spiro atoms. The number of carboxylic acid groups (broad SMARTS) is 1. The fraction of sp³-hybridized carbons (Fsp3) is 0.333. The number of carboxylic acids is 1.